The highest BCUT2D eigenvalue weighted by Crippen LogP contribution is 2.28. The van der Waals surface area contributed by atoms with Gasteiger partial charge < -0.3 is 9.64 Å². The number of fused-ring (bicyclic) bond motifs is 1. The zero-order valence-corrected chi connectivity index (χ0v) is 15.2. The number of aryl methyl sites for hydroxylation is 1. The molecular weight excluding hydrogens is 348 g/mol. The number of nitrogens with one attached hydrogen (secondary N) is 1. The van der Waals surface area contributed by atoms with Gasteiger partial charge in [0.05, 0.1) is 25.0 Å². The predicted molar refractivity (Wildman–Crippen MR) is 99.0 cm³/mol. The lowest BCUT2D eigenvalue weighted by atomic mass is 10.2. The standard InChI is InChI=1S/C18H20N6O3/c1-12-19-18-20-13(9-16(25)24(18)21-12)10-22-7-8-23(17(26)11-22)14-5-3-4-6-15(14)27-2/h3-6,9H,7-8,10-11H2,1-2H3,(H,19,20,21). The second-order valence-electron chi connectivity index (χ2n) is 6.46. The highest BCUT2D eigenvalue weighted by atomic mass is 16.5. The van der Waals surface area contributed by atoms with E-state index in [4.69, 9.17) is 4.74 Å². The first-order chi connectivity index (χ1) is 13.0. The van der Waals surface area contributed by atoms with Gasteiger partial charge in [0.25, 0.3) is 11.3 Å². The summed E-state index contributed by atoms with van der Waals surface area (Å²) in [5, 5.41) is 2.84. The Morgan fingerprint density at radius 1 is 1.19 bits per heavy atom. The van der Waals surface area contributed by atoms with E-state index in [9.17, 15) is 9.59 Å². The average molecular weight is 368 g/mol. The fourth-order valence-corrected chi connectivity index (χ4v) is 3.31. The Morgan fingerprint density at radius 3 is 2.78 bits per heavy atom. The third kappa shape index (κ3) is 3.28. The monoisotopic (exact) mass is 368 g/mol. The van der Waals surface area contributed by atoms with Crippen molar-refractivity contribution in [2.24, 2.45) is 0 Å². The van der Waals surface area contributed by atoms with Crippen LogP contribution in [0.2, 0.25) is 0 Å². The van der Waals surface area contributed by atoms with Crippen molar-refractivity contribution in [2.45, 2.75) is 13.5 Å². The van der Waals surface area contributed by atoms with Gasteiger partial charge in [-0.25, -0.2) is 4.98 Å². The second kappa shape index (κ2) is 6.84. The number of anilines is 1. The van der Waals surface area contributed by atoms with Crippen molar-refractivity contribution in [3.05, 3.63) is 52.2 Å². The molecule has 1 saturated heterocycles. The number of piperazine rings is 1. The lowest BCUT2D eigenvalue weighted by Gasteiger charge is -2.34. The number of H-pyrrole nitrogens is 1. The largest absolute Gasteiger partial charge is 0.495 e. The normalized spacial score (nSPS) is 15.5. The molecule has 4 rings (SSSR count). The average Bonchev–Trinajstić information content (AvgIpc) is 3.03. The summed E-state index contributed by atoms with van der Waals surface area (Å²) in [6, 6.07) is 8.95. The van der Waals surface area contributed by atoms with Crippen molar-refractivity contribution < 1.29 is 9.53 Å². The number of rotatable bonds is 4. The summed E-state index contributed by atoms with van der Waals surface area (Å²) in [6.45, 7) is 3.65. The predicted octanol–water partition coefficient (Wildman–Crippen LogP) is 0.583. The molecule has 1 aromatic carbocycles. The molecule has 1 aliphatic heterocycles. The fourth-order valence-electron chi connectivity index (χ4n) is 3.31. The number of carbonyl (C=O) groups excluding carboxylic acids is 1. The van der Waals surface area contributed by atoms with Gasteiger partial charge in [0.15, 0.2) is 0 Å². The minimum atomic E-state index is -0.213. The zero-order valence-electron chi connectivity index (χ0n) is 15.2. The summed E-state index contributed by atoms with van der Waals surface area (Å²) >= 11 is 0. The molecule has 9 heteroatoms. The first-order valence-corrected chi connectivity index (χ1v) is 8.66. The SMILES string of the molecule is COc1ccccc1N1CCN(Cc2cc(=O)n3[nH]c(C)nc3n2)CC1=O. The number of aromatic nitrogens is 4. The molecule has 3 heterocycles. The van der Waals surface area contributed by atoms with Crippen molar-refractivity contribution in [1.29, 1.82) is 0 Å². The number of hydrogen-bond donors (Lipinski definition) is 1. The summed E-state index contributed by atoms with van der Waals surface area (Å²) in [6.07, 6.45) is 0. The molecule has 1 fully saturated rings. The quantitative estimate of drug-likeness (QED) is 0.724. The Hall–Kier alpha value is -3.20. The van der Waals surface area contributed by atoms with Crippen molar-refractivity contribution in [2.75, 3.05) is 31.6 Å². The topological polar surface area (TPSA) is 95.8 Å². The maximum Gasteiger partial charge on any atom is 0.274 e. The molecule has 2 aromatic heterocycles. The molecule has 0 radical (unpaired) electrons. The number of hydrogen-bond acceptors (Lipinski definition) is 6. The Morgan fingerprint density at radius 2 is 2.00 bits per heavy atom. The van der Waals surface area contributed by atoms with Gasteiger partial charge in [0.1, 0.15) is 11.6 Å². The summed E-state index contributed by atoms with van der Waals surface area (Å²) in [4.78, 5) is 37.2. The Balaban J connectivity index is 1.50. The van der Waals surface area contributed by atoms with Gasteiger partial charge in [-0.2, -0.15) is 9.50 Å². The lowest BCUT2D eigenvalue weighted by Crippen LogP contribution is -2.50. The third-order valence-corrected chi connectivity index (χ3v) is 4.56. The van der Waals surface area contributed by atoms with Crippen LogP contribution < -0.4 is 15.2 Å². The van der Waals surface area contributed by atoms with E-state index in [-0.39, 0.29) is 18.0 Å². The first kappa shape index (κ1) is 17.2. The summed E-state index contributed by atoms with van der Waals surface area (Å²) in [5.41, 5.74) is 1.16. The number of ether oxygens (including phenoxy) is 1. The van der Waals surface area contributed by atoms with Gasteiger partial charge in [-0.3, -0.25) is 19.6 Å². The number of nitrogens with zero attached hydrogens (tertiary/aromatic N) is 5. The van der Waals surface area contributed by atoms with Crippen molar-refractivity contribution in [3.63, 3.8) is 0 Å². The lowest BCUT2D eigenvalue weighted by molar-refractivity contribution is -0.121. The summed E-state index contributed by atoms with van der Waals surface area (Å²) < 4.78 is 6.67. The molecule has 0 atom stereocenters. The van der Waals surface area contributed by atoms with Crippen LogP contribution in [-0.4, -0.2) is 57.1 Å². The highest BCUT2D eigenvalue weighted by molar-refractivity contribution is 5.96. The number of para-hydroxylation sites is 2. The molecule has 0 bridgehead atoms. The van der Waals surface area contributed by atoms with Gasteiger partial charge in [-0.1, -0.05) is 12.1 Å². The summed E-state index contributed by atoms with van der Waals surface area (Å²) in [5.74, 6) is 1.62. The molecule has 0 saturated carbocycles. The number of benzene rings is 1. The van der Waals surface area contributed by atoms with Crippen LogP contribution in [0.5, 0.6) is 5.75 Å². The van der Waals surface area contributed by atoms with E-state index in [1.807, 2.05) is 29.2 Å². The molecule has 27 heavy (non-hydrogen) atoms. The maximum atomic E-state index is 12.7. The van der Waals surface area contributed by atoms with Crippen molar-refractivity contribution in [1.82, 2.24) is 24.5 Å². The van der Waals surface area contributed by atoms with Crippen LogP contribution >= 0.6 is 0 Å². The number of aromatic amines is 1. The number of carbonyl (C=O) groups is 1. The second-order valence-corrected chi connectivity index (χ2v) is 6.46. The molecule has 140 valence electrons. The molecule has 1 N–H and O–H groups in total. The van der Waals surface area contributed by atoms with Gasteiger partial charge in [0, 0.05) is 25.7 Å². The highest BCUT2D eigenvalue weighted by Gasteiger charge is 2.27. The van der Waals surface area contributed by atoms with E-state index in [1.54, 1.807) is 18.9 Å². The maximum absolute atomic E-state index is 12.7. The fraction of sp³-hybridized carbons (Fsp3) is 0.333. The van der Waals surface area contributed by atoms with Crippen LogP contribution in [-0.2, 0) is 11.3 Å². The Bertz CT molecular complexity index is 1060. The first-order valence-electron chi connectivity index (χ1n) is 8.66. The van der Waals surface area contributed by atoms with Gasteiger partial charge in [-0.05, 0) is 19.1 Å². The van der Waals surface area contributed by atoms with E-state index in [2.05, 4.69) is 15.1 Å². The third-order valence-electron chi connectivity index (χ3n) is 4.56. The van der Waals surface area contributed by atoms with Crippen molar-refractivity contribution >= 4 is 17.4 Å². The Labute approximate surface area is 155 Å². The van der Waals surface area contributed by atoms with Crippen LogP contribution in [0.4, 0.5) is 5.69 Å². The molecule has 3 aromatic rings. The zero-order chi connectivity index (χ0) is 19.0. The van der Waals surface area contributed by atoms with E-state index in [1.165, 1.54) is 10.6 Å². The van der Waals surface area contributed by atoms with Crippen LogP contribution in [0.1, 0.15) is 11.5 Å². The molecule has 0 aliphatic carbocycles. The van der Waals surface area contributed by atoms with E-state index < -0.39 is 0 Å². The molecular formula is C18H20N6O3. The van der Waals surface area contributed by atoms with E-state index in [0.717, 1.165) is 5.69 Å². The van der Waals surface area contributed by atoms with Gasteiger partial charge in [-0.15, -0.1) is 0 Å². The van der Waals surface area contributed by atoms with Crippen molar-refractivity contribution in [3.8, 4) is 5.75 Å². The molecule has 0 unspecified atom stereocenters. The Kier molecular flexibility index (Phi) is 4.36. The van der Waals surface area contributed by atoms with E-state index >= 15 is 0 Å². The minimum Gasteiger partial charge on any atom is -0.495 e. The van der Waals surface area contributed by atoms with Crippen LogP contribution in [0.25, 0.3) is 5.78 Å². The molecule has 1 aliphatic rings. The molecule has 0 spiro atoms. The number of methoxy groups -OCH3 is 1. The van der Waals surface area contributed by atoms with Gasteiger partial charge >= 0.3 is 0 Å². The molecule has 9 nitrogen and oxygen atoms in total. The molecule has 1 amide bonds. The summed E-state index contributed by atoms with van der Waals surface area (Å²) in [7, 11) is 1.59. The minimum absolute atomic E-state index is 0.0147. The van der Waals surface area contributed by atoms with Crippen LogP contribution in [0.15, 0.2) is 35.1 Å². The van der Waals surface area contributed by atoms with Gasteiger partial charge in [0.2, 0.25) is 5.91 Å². The van der Waals surface area contributed by atoms with Crippen LogP contribution in [0, 0.1) is 6.92 Å². The van der Waals surface area contributed by atoms with E-state index in [0.29, 0.717) is 42.7 Å². The number of amides is 1. The smallest absolute Gasteiger partial charge is 0.274 e. The van der Waals surface area contributed by atoms with Crippen LogP contribution in [0.3, 0.4) is 0 Å².